The smallest absolute Gasteiger partial charge is 0.255 e. The second-order valence-corrected chi connectivity index (χ2v) is 7.38. The Bertz CT molecular complexity index is 1010. The van der Waals surface area contributed by atoms with Gasteiger partial charge in [0, 0.05) is 22.5 Å². The van der Waals surface area contributed by atoms with Crippen LogP contribution < -0.4 is 10.2 Å². The number of hydrogen-bond acceptors (Lipinski definition) is 3. The first-order chi connectivity index (χ1) is 13.6. The largest absolute Gasteiger partial charge is 0.322 e. The summed E-state index contributed by atoms with van der Waals surface area (Å²) >= 11 is 1.48. The maximum atomic E-state index is 13.3. The van der Waals surface area contributed by atoms with Crippen molar-refractivity contribution < 1.29 is 14.0 Å². The predicted molar refractivity (Wildman–Crippen MR) is 110 cm³/mol. The van der Waals surface area contributed by atoms with Gasteiger partial charge >= 0.3 is 0 Å². The van der Waals surface area contributed by atoms with Crippen molar-refractivity contribution in [2.45, 2.75) is 5.37 Å². The maximum Gasteiger partial charge on any atom is 0.255 e. The monoisotopic (exact) mass is 392 g/mol. The van der Waals surface area contributed by atoms with Gasteiger partial charge in [-0.3, -0.25) is 14.5 Å². The SMILES string of the molecule is O=C(Nc1ccccc1[C@H]1SCC(=O)N1c1ccc(F)cc1)c1ccccc1. The predicted octanol–water partition coefficient (Wildman–Crippen LogP) is 4.86. The third-order valence-electron chi connectivity index (χ3n) is 4.48. The number of amides is 2. The fourth-order valence-electron chi connectivity index (χ4n) is 3.15. The van der Waals surface area contributed by atoms with E-state index in [0.29, 0.717) is 22.7 Å². The fourth-order valence-corrected chi connectivity index (χ4v) is 4.36. The van der Waals surface area contributed by atoms with Gasteiger partial charge in [0.05, 0.1) is 5.75 Å². The molecule has 0 aliphatic carbocycles. The topological polar surface area (TPSA) is 49.4 Å². The third kappa shape index (κ3) is 3.64. The molecule has 1 fully saturated rings. The Hall–Kier alpha value is -3.12. The number of para-hydroxylation sites is 1. The highest BCUT2D eigenvalue weighted by atomic mass is 32.2. The summed E-state index contributed by atoms with van der Waals surface area (Å²) in [5.41, 5.74) is 2.66. The standard InChI is InChI=1S/C22H17FN2O2S/c23-16-10-12-17(13-11-16)25-20(26)14-28-22(25)18-8-4-5-9-19(18)24-21(27)15-6-2-1-3-7-15/h1-13,22H,14H2,(H,24,27)/t22-/m1/s1. The van der Waals surface area contributed by atoms with Gasteiger partial charge in [-0.05, 0) is 42.5 Å². The maximum absolute atomic E-state index is 13.3. The molecule has 2 amide bonds. The number of halogens is 1. The van der Waals surface area contributed by atoms with Crippen LogP contribution in [0.2, 0.25) is 0 Å². The van der Waals surface area contributed by atoms with Crippen molar-refractivity contribution in [2.24, 2.45) is 0 Å². The van der Waals surface area contributed by atoms with Gasteiger partial charge in [-0.2, -0.15) is 0 Å². The van der Waals surface area contributed by atoms with Crippen LogP contribution >= 0.6 is 11.8 Å². The second-order valence-electron chi connectivity index (χ2n) is 6.31. The van der Waals surface area contributed by atoms with E-state index < -0.39 is 0 Å². The lowest BCUT2D eigenvalue weighted by Crippen LogP contribution is -2.28. The van der Waals surface area contributed by atoms with Crippen LogP contribution in [0.5, 0.6) is 0 Å². The lowest BCUT2D eigenvalue weighted by atomic mass is 10.1. The Balaban J connectivity index is 1.66. The molecule has 1 aliphatic rings. The minimum atomic E-state index is -0.352. The summed E-state index contributed by atoms with van der Waals surface area (Å²) in [7, 11) is 0. The molecule has 0 unspecified atom stereocenters. The Kier molecular flexibility index (Phi) is 5.12. The van der Waals surface area contributed by atoms with E-state index in [9.17, 15) is 14.0 Å². The quantitative estimate of drug-likeness (QED) is 0.690. The molecule has 28 heavy (non-hydrogen) atoms. The van der Waals surface area contributed by atoms with Gasteiger partial charge in [0.25, 0.3) is 5.91 Å². The number of carbonyl (C=O) groups is 2. The van der Waals surface area contributed by atoms with Crippen LogP contribution in [-0.2, 0) is 4.79 Å². The van der Waals surface area contributed by atoms with Crippen molar-refractivity contribution in [3.63, 3.8) is 0 Å². The molecule has 4 rings (SSSR count). The molecule has 3 aromatic carbocycles. The van der Waals surface area contributed by atoms with E-state index in [0.717, 1.165) is 5.56 Å². The summed E-state index contributed by atoms with van der Waals surface area (Å²) in [6.07, 6.45) is 0. The van der Waals surface area contributed by atoms with Crippen LogP contribution in [0.25, 0.3) is 0 Å². The van der Waals surface area contributed by atoms with Crippen molar-refractivity contribution in [1.29, 1.82) is 0 Å². The van der Waals surface area contributed by atoms with Crippen LogP contribution in [0.4, 0.5) is 15.8 Å². The minimum Gasteiger partial charge on any atom is -0.322 e. The van der Waals surface area contributed by atoms with Gasteiger partial charge in [-0.1, -0.05) is 36.4 Å². The summed E-state index contributed by atoms with van der Waals surface area (Å²) in [6.45, 7) is 0. The molecule has 1 atom stereocenters. The summed E-state index contributed by atoms with van der Waals surface area (Å²) < 4.78 is 13.3. The molecule has 1 N–H and O–H groups in total. The molecule has 140 valence electrons. The van der Waals surface area contributed by atoms with Crippen LogP contribution in [0, 0.1) is 5.82 Å². The van der Waals surface area contributed by atoms with E-state index in [-0.39, 0.29) is 23.0 Å². The zero-order valence-electron chi connectivity index (χ0n) is 14.8. The van der Waals surface area contributed by atoms with E-state index in [2.05, 4.69) is 5.32 Å². The molecule has 0 saturated carbocycles. The molecule has 0 bridgehead atoms. The first-order valence-corrected chi connectivity index (χ1v) is 9.83. The average molecular weight is 392 g/mol. The molecule has 0 aromatic heterocycles. The van der Waals surface area contributed by atoms with Gasteiger partial charge in [-0.25, -0.2) is 4.39 Å². The van der Waals surface area contributed by atoms with Crippen molar-refractivity contribution in [3.8, 4) is 0 Å². The Labute approximate surface area is 166 Å². The number of benzene rings is 3. The lowest BCUT2D eigenvalue weighted by Gasteiger charge is -2.26. The number of anilines is 2. The summed E-state index contributed by atoms with van der Waals surface area (Å²) in [5.74, 6) is -0.292. The molecule has 0 radical (unpaired) electrons. The van der Waals surface area contributed by atoms with E-state index in [1.54, 1.807) is 29.2 Å². The number of nitrogens with one attached hydrogen (secondary N) is 1. The average Bonchev–Trinajstić information content (AvgIpc) is 3.11. The fraction of sp³-hybridized carbons (Fsp3) is 0.0909. The van der Waals surface area contributed by atoms with Crippen LogP contribution in [0.3, 0.4) is 0 Å². The molecular formula is C22H17FN2O2S. The summed E-state index contributed by atoms with van der Waals surface area (Å²) in [5, 5.41) is 2.65. The number of rotatable bonds is 4. The van der Waals surface area contributed by atoms with Gasteiger partial charge in [0.15, 0.2) is 0 Å². The number of nitrogens with zero attached hydrogens (tertiary/aromatic N) is 1. The molecule has 4 nitrogen and oxygen atoms in total. The number of carbonyl (C=O) groups excluding carboxylic acids is 2. The van der Waals surface area contributed by atoms with Crippen molar-refractivity contribution in [1.82, 2.24) is 0 Å². The molecule has 1 aliphatic heterocycles. The Morgan fingerprint density at radius 3 is 2.39 bits per heavy atom. The van der Waals surface area contributed by atoms with Gasteiger partial charge in [-0.15, -0.1) is 11.8 Å². The normalized spacial score (nSPS) is 16.2. The summed E-state index contributed by atoms with van der Waals surface area (Å²) in [4.78, 5) is 26.8. The first kappa shape index (κ1) is 18.3. The molecular weight excluding hydrogens is 375 g/mol. The van der Waals surface area contributed by atoms with Gasteiger partial charge < -0.3 is 5.32 Å². The first-order valence-electron chi connectivity index (χ1n) is 8.78. The third-order valence-corrected chi connectivity index (χ3v) is 5.68. The zero-order chi connectivity index (χ0) is 19.5. The molecule has 0 spiro atoms. The highest BCUT2D eigenvalue weighted by molar-refractivity contribution is 8.00. The van der Waals surface area contributed by atoms with E-state index in [1.807, 2.05) is 42.5 Å². The number of hydrogen-bond donors (Lipinski definition) is 1. The minimum absolute atomic E-state index is 0.0502. The second kappa shape index (κ2) is 7.86. The Morgan fingerprint density at radius 2 is 1.64 bits per heavy atom. The Morgan fingerprint density at radius 1 is 0.964 bits per heavy atom. The molecule has 1 heterocycles. The van der Waals surface area contributed by atoms with E-state index in [4.69, 9.17) is 0 Å². The molecule has 3 aromatic rings. The van der Waals surface area contributed by atoms with E-state index >= 15 is 0 Å². The lowest BCUT2D eigenvalue weighted by molar-refractivity contribution is -0.115. The van der Waals surface area contributed by atoms with Crippen LogP contribution in [0.15, 0.2) is 78.9 Å². The van der Waals surface area contributed by atoms with E-state index in [1.165, 1.54) is 23.9 Å². The highest BCUT2D eigenvalue weighted by Crippen LogP contribution is 2.44. The molecule has 6 heteroatoms. The highest BCUT2D eigenvalue weighted by Gasteiger charge is 2.35. The van der Waals surface area contributed by atoms with Gasteiger partial charge in [0.1, 0.15) is 11.2 Å². The van der Waals surface area contributed by atoms with Crippen molar-refractivity contribution in [2.75, 3.05) is 16.0 Å². The van der Waals surface area contributed by atoms with Gasteiger partial charge in [0.2, 0.25) is 5.91 Å². The van der Waals surface area contributed by atoms with Crippen LogP contribution in [0.1, 0.15) is 21.3 Å². The van der Waals surface area contributed by atoms with Crippen LogP contribution in [-0.4, -0.2) is 17.6 Å². The number of thioether (sulfide) groups is 1. The van der Waals surface area contributed by atoms with Crippen molar-refractivity contribution >= 4 is 35.0 Å². The zero-order valence-corrected chi connectivity index (χ0v) is 15.7. The van der Waals surface area contributed by atoms with Crippen molar-refractivity contribution in [3.05, 3.63) is 95.8 Å². The summed E-state index contributed by atoms with van der Waals surface area (Å²) in [6, 6.07) is 22.3. The molecule has 1 saturated heterocycles.